The van der Waals surface area contributed by atoms with Crippen LogP contribution in [0.4, 0.5) is 14.5 Å². The van der Waals surface area contributed by atoms with Crippen LogP contribution < -0.4 is 0 Å². The predicted molar refractivity (Wildman–Crippen MR) is 44.6 cm³/mol. The Balaban J connectivity index is 3.57. The summed E-state index contributed by atoms with van der Waals surface area (Å²) in [5.41, 5.74) is 7.24. The highest BCUT2D eigenvalue weighted by Gasteiger charge is 2.14. The Morgan fingerprint density at radius 3 is 2.71 bits per heavy atom. The Morgan fingerprint density at radius 1 is 1.57 bits per heavy atom. The molecule has 0 saturated carbocycles. The molecule has 0 bridgehead atoms. The first-order valence-electron chi connectivity index (χ1n) is 3.55. The van der Waals surface area contributed by atoms with Crippen molar-refractivity contribution < 1.29 is 8.78 Å². The zero-order valence-electron chi connectivity index (χ0n) is 7.12. The largest absolute Gasteiger partial charge is 0.205 e. The van der Waals surface area contributed by atoms with Crippen molar-refractivity contribution in [1.29, 1.82) is 5.26 Å². The molecular weight excluding hydrogens is 190 g/mol. The maximum absolute atomic E-state index is 13.2. The third kappa shape index (κ3) is 1.49. The summed E-state index contributed by atoms with van der Waals surface area (Å²) in [5.74, 6) is -2.02. The Labute approximate surface area is 78.0 Å². The van der Waals surface area contributed by atoms with Crippen LogP contribution in [0.5, 0.6) is 0 Å². The van der Waals surface area contributed by atoms with Gasteiger partial charge in [0, 0.05) is 10.6 Å². The lowest BCUT2D eigenvalue weighted by molar-refractivity contribution is 0.571. The number of rotatable bonds is 1. The molecular formula is C8H4F2N4. The standard InChI is InChI=1S/C8H4F2N4/c1-4-7(13-14-12)2-6(9)5(3-11)8(4)10/h2H,1H3. The number of nitrogens with zero attached hydrogens (tertiary/aromatic N) is 4. The van der Waals surface area contributed by atoms with Gasteiger partial charge in [-0.05, 0) is 24.1 Å². The number of hydrogen-bond acceptors (Lipinski definition) is 2. The van der Waals surface area contributed by atoms with Crippen LogP contribution in [0, 0.1) is 29.9 Å². The minimum absolute atomic E-state index is 0.0410. The lowest BCUT2D eigenvalue weighted by Crippen LogP contribution is -1.93. The Hall–Kier alpha value is -2.12. The van der Waals surface area contributed by atoms with E-state index in [2.05, 4.69) is 10.0 Å². The van der Waals surface area contributed by atoms with Gasteiger partial charge in [0.25, 0.3) is 0 Å². The van der Waals surface area contributed by atoms with Crippen LogP contribution in [0.25, 0.3) is 10.4 Å². The van der Waals surface area contributed by atoms with E-state index < -0.39 is 17.2 Å². The van der Waals surface area contributed by atoms with Crippen molar-refractivity contribution in [3.05, 3.63) is 39.3 Å². The number of halogens is 2. The van der Waals surface area contributed by atoms with Crippen molar-refractivity contribution in [3.63, 3.8) is 0 Å². The normalized spacial score (nSPS) is 9.00. The third-order valence-electron chi connectivity index (χ3n) is 1.70. The number of hydrogen-bond donors (Lipinski definition) is 0. The second kappa shape index (κ2) is 3.73. The molecule has 0 unspecified atom stereocenters. The predicted octanol–water partition coefficient (Wildman–Crippen LogP) is 3.09. The quantitative estimate of drug-likeness (QED) is 0.384. The van der Waals surface area contributed by atoms with Gasteiger partial charge in [0.15, 0.2) is 0 Å². The van der Waals surface area contributed by atoms with Crippen LogP contribution in [-0.4, -0.2) is 0 Å². The zero-order valence-corrected chi connectivity index (χ0v) is 7.12. The zero-order chi connectivity index (χ0) is 10.7. The van der Waals surface area contributed by atoms with Crippen molar-refractivity contribution in [2.75, 3.05) is 0 Å². The summed E-state index contributed by atoms with van der Waals surface area (Å²) in [4.78, 5) is 2.41. The van der Waals surface area contributed by atoms with Gasteiger partial charge in [0.1, 0.15) is 23.3 Å². The molecule has 0 fully saturated rings. The lowest BCUT2D eigenvalue weighted by atomic mass is 10.1. The summed E-state index contributed by atoms with van der Waals surface area (Å²) in [6.45, 7) is 1.31. The van der Waals surface area contributed by atoms with Crippen molar-refractivity contribution >= 4 is 5.69 Å². The molecule has 0 aromatic heterocycles. The van der Waals surface area contributed by atoms with Gasteiger partial charge in [0.05, 0.1) is 0 Å². The number of azide groups is 1. The molecule has 14 heavy (non-hydrogen) atoms. The number of benzene rings is 1. The Kier molecular flexibility index (Phi) is 2.65. The van der Waals surface area contributed by atoms with E-state index in [0.717, 1.165) is 6.07 Å². The van der Waals surface area contributed by atoms with E-state index in [9.17, 15) is 8.78 Å². The summed E-state index contributed by atoms with van der Waals surface area (Å²) >= 11 is 0. The smallest absolute Gasteiger partial charge is 0.147 e. The minimum atomic E-state index is -1.03. The fraction of sp³-hybridized carbons (Fsp3) is 0.125. The molecule has 0 heterocycles. The summed E-state index contributed by atoms with van der Waals surface area (Å²) in [6, 6.07) is 2.22. The van der Waals surface area contributed by atoms with Gasteiger partial charge < -0.3 is 0 Å². The summed E-state index contributed by atoms with van der Waals surface area (Å²) < 4.78 is 26.2. The van der Waals surface area contributed by atoms with E-state index in [4.69, 9.17) is 10.8 Å². The molecule has 6 heteroatoms. The van der Waals surface area contributed by atoms with E-state index >= 15 is 0 Å². The molecule has 1 aromatic carbocycles. The Bertz CT molecular complexity index is 469. The molecule has 0 aliphatic carbocycles. The molecule has 4 nitrogen and oxygen atoms in total. The van der Waals surface area contributed by atoms with Gasteiger partial charge in [-0.15, -0.1) is 0 Å². The SMILES string of the molecule is Cc1c(N=[N+]=[N-])cc(F)c(C#N)c1F. The van der Waals surface area contributed by atoms with E-state index in [1.165, 1.54) is 13.0 Å². The molecule has 1 aromatic rings. The van der Waals surface area contributed by atoms with E-state index in [1.54, 1.807) is 0 Å². The fourth-order valence-corrected chi connectivity index (χ4v) is 0.960. The molecule has 0 amide bonds. The monoisotopic (exact) mass is 194 g/mol. The fourth-order valence-electron chi connectivity index (χ4n) is 0.960. The van der Waals surface area contributed by atoms with Crippen molar-refractivity contribution in [2.24, 2.45) is 5.11 Å². The van der Waals surface area contributed by atoms with Gasteiger partial charge in [-0.2, -0.15) is 5.26 Å². The molecule has 0 aliphatic rings. The summed E-state index contributed by atoms with van der Waals surface area (Å²) in [6.07, 6.45) is 0. The molecule has 0 atom stereocenters. The van der Waals surface area contributed by atoms with E-state index in [0.29, 0.717) is 0 Å². The average molecular weight is 194 g/mol. The molecule has 0 spiro atoms. The lowest BCUT2D eigenvalue weighted by Gasteiger charge is -2.03. The van der Waals surface area contributed by atoms with Gasteiger partial charge in [-0.3, -0.25) is 0 Å². The van der Waals surface area contributed by atoms with Gasteiger partial charge in [-0.25, -0.2) is 8.78 Å². The molecule has 0 saturated heterocycles. The molecule has 0 aliphatic heterocycles. The van der Waals surface area contributed by atoms with Crippen LogP contribution in [0.15, 0.2) is 11.2 Å². The number of nitriles is 1. The van der Waals surface area contributed by atoms with E-state index in [-0.39, 0.29) is 11.3 Å². The molecule has 1 rings (SSSR count). The first-order valence-corrected chi connectivity index (χ1v) is 3.55. The van der Waals surface area contributed by atoms with E-state index in [1.807, 2.05) is 0 Å². The first-order chi connectivity index (χ1) is 6.61. The highest BCUT2D eigenvalue weighted by atomic mass is 19.1. The van der Waals surface area contributed by atoms with Crippen LogP contribution in [-0.2, 0) is 0 Å². The second-order valence-corrected chi connectivity index (χ2v) is 2.49. The molecule has 70 valence electrons. The highest BCUT2D eigenvalue weighted by molar-refractivity contribution is 5.51. The highest BCUT2D eigenvalue weighted by Crippen LogP contribution is 2.26. The van der Waals surface area contributed by atoms with Crippen LogP contribution in [0.3, 0.4) is 0 Å². The topological polar surface area (TPSA) is 72.6 Å². The maximum atomic E-state index is 13.2. The van der Waals surface area contributed by atoms with Crippen molar-refractivity contribution in [2.45, 2.75) is 6.92 Å². The summed E-state index contributed by atoms with van der Waals surface area (Å²) in [5, 5.41) is 11.5. The first kappa shape index (κ1) is 9.96. The van der Waals surface area contributed by atoms with Crippen molar-refractivity contribution in [1.82, 2.24) is 0 Å². The van der Waals surface area contributed by atoms with Gasteiger partial charge in [-0.1, -0.05) is 5.11 Å². The Morgan fingerprint density at radius 2 is 2.21 bits per heavy atom. The maximum Gasteiger partial charge on any atom is 0.147 e. The molecule has 0 N–H and O–H groups in total. The third-order valence-corrected chi connectivity index (χ3v) is 1.70. The minimum Gasteiger partial charge on any atom is -0.205 e. The van der Waals surface area contributed by atoms with Gasteiger partial charge >= 0.3 is 0 Å². The van der Waals surface area contributed by atoms with Crippen LogP contribution in [0.2, 0.25) is 0 Å². The van der Waals surface area contributed by atoms with Gasteiger partial charge in [0.2, 0.25) is 0 Å². The average Bonchev–Trinajstić information content (AvgIpc) is 2.15. The van der Waals surface area contributed by atoms with Crippen molar-refractivity contribution in [3.8, 4) is 6.07 Å². The second-order valence-electron chi connectivity index (χ2n) is 2.49. The van der Waals surface area contributed by atoms with Crippen LogP contribution >= 0.6 is 0 Å². The summed E-state index contributed by atoms with van der Waals surface area (Å²) in [7, 11) is 0. The molecule has 0 radical (unpaired) electrons. The van der Waals surface area contributed by atoms with Crippen LogP contribution in [0.1, 0.15) is 11.1 Å².